The van der Waals surface area contributed by atoms with E-state index in [4.69, 9.17) is 10.7 Å². The number of H-pyrrole nitrogens is 1. The molecule has 4 aromatic heterocycles. The molecule has 0 aliphatic heterocycles. The van der Waals surface area contributed by atoms with Crippen molar-refractivity contribution in [3.8, 4) is 11.4 Å². The van der Waals surface area contributed by atoms with Crippen LogP contribution in [0.15, 0.2) is 42.7 Å². The number of rotatable bonds is 3. The lowest BCUT2D eigenvalue weighted by atomic mass is 10.1. The summed E-state index contributed by atoms with van der Waals surface area (Å²) >= 11 is 0. The third-order valence-electron chi connectivity index (χ3n) is 7.16. The summed E-state index contributed by atoms with van der Waals surface area (Å²) in [4.78, 5) is 22.8. The van der Waals surface area contributed by atoms with Crippen LogP contribution >= 0.6 is 0 Å². The predicted molar refractivity (Wildman–Crippen MR) is 135 cm³/mol. The second-order valence-electron chi connectivity index (χ2n) is 9.62. The molecule has 37 heavy (non-hydrogen) atoms. The van der Waals surface area contributed by atoms with Crippen molar-refractivity contribution in [2.45, 2.75) is 44.1 Å². The number of aromatic amines is 1. The molecule has 6 rings (SSSR count). The number of hydrogen-bond donors (Lipinski definition) is 3. The number of nitrogens with one attached hydrogen (secondary N) is 1. The number of para-hydroxylation sites is 1. The number of hydrogen-bond acceptors (Lipinski definition) is 7. The molecule has 4 heterocycles. The van der Waals surface area contributed by atoms with Crippen LogP contribution < -0.4 is 10.6 Å². The van der Waals surface area contributed by atoms with Crippen molar-refractivity contribution in [1.29, 1.82) is 0 Å². The number of aryl methyl sites for hydroxylation is 1. The average molecular weight is 508 g/mol. The van der Waals surface area contributed by atoms with Gasteiger partial charge in [-0.1, -0.05) is 18.2 Å². The maximum Gasteiger partial charge on any atom is 0.418 e. The van der Waals surface area contributed by atoms with Gasteiger partial charge in [0.25, 0.3) is 0 Å². The highest BCUT2D eigenvalue weighted by atomic mass is 19.4. The summed E-state index contributed by atoms with van der Waals surface area (Å²) in [6, 6.07) is 8.79. The molecular formula is C26H24F3N7O. The van der Waals surface area contributed by atoms with Gasteiger partial charge in [-0.3, -0.25) is 4.98 Å². The maximum atomic E-state index is 14.1. The number of halogens is 3. The molecule has 0 bridgehead atoms. The molecule has 1 aliphatic carbocycles. The zero-order valence-electron chi connectivity index (χ0n) is 20.1. The molecule has 0 radical (unpaired) electrons. The first-order valence-electron chi connectivity index (χ1n) is 11.9. The van der Waals surface area contributed by atoms with E-state index in [9.17, 15) is 18.3 Å². The summed E-state index contributed by atoms with van der Waals surface area (Å²) in [5.41, 5.74) is 8.07. The summed E-state index contributed by atoms with van der Waals surface area (Å²) in [6.07, 6.45) is -2.53. The van der Waals surface area contributed by atoms with Gasteiger partial charge in [-0.2, -0.15) is 13.2 Å². The van der Waals surface area contributed by atoms with Crippen LogP contribution in [0, 0.1) is 6.92 Å². The first kappa shape index (κ1) is 23.6. The Labute approximate surface area is 209 Å². The van der Waals surface area contributed by atoms with E-state index in [0.29, 0.717) is 29.7 Å². The molecule has 3 atom stereocenters. The van der Waals surface area contributed by atoms with Crippen molar-refractivity contribution in [3.05, 3.63) is 54.0 Å². The van der Waals surface area contributed by atoms with Crippen molar-refractivity contribution in [3.63, 3.8) is 0 Å². The van der Waals surface area contributed by atoms with Crippen LogP contribution in [0.1, 0.15) is 24.1 Å². The third kappa shape index (κ3) is 3.85. The predicted octanol–water partition coefficient (Wildman–Crippen LogP) is 4.34. The number of aliphatic hydroxyl groups is 1. The van der Waals surface area contributed by atoms with Gasteiger partial charge < -0.3 is 20.7 Å². The summed E-state index contributed by atoms with van der Waals surface area (Å²) in [6.45, 7) is 1.84. The van der Waals surface area contributed by atoms with Gasteiger partial charge in [0.2, 0.25) is 0 Å². The molecule has 1 aliphatic rings. The number of nitrogens with zero attached hydrogens (tertiary/aromatic N) is 5. The highest BCUT2D eigenvalue weighted by Gasteiger charge is 2.38. The molecular weight excluding hydrogens is 483 g/mol. The van der Waals surface area contributed by atoms with Gasteiger partial charge in [0.05, 0.1) is 28.8 Å². The normalized spacial score (nSPS) is 20.4. The smallest absolute Gasteiger partial charge is 0.391 e. The Morgan fingerprint density at radius 1 is 1.08 bits per heavy atom. The Bertz CT molecular complexity index is 1660. The first-order chi connectivity index (χ1) is 17.6. The van der Waals surface area contributed by atoms with Crippen LogP contribution in [0.4, 0.5) is 19.0 Å². The lowest BCUT2D eigenvalue weighted by molar-refractivity contribution is -0.136. The van der Waals surface area contributed by atoms with Gasteiger partial charge in [0.15, 0.2) is 5.82 Å². The molecule has 0 amide bonds. The van der Waals surface area contributed by atoms with E-state index in [-0.39, 0.29) is 28.6 Å². The van der Waals surface area contributed by atoms with E-state index in [0.717, 1.165) is 22.5 Å². The number of aromatic nitrogens is 5. The second kappa shape index (κ2) is 8.35. The number of fused-ring (bicyclic) bond motifs is 4. The van der Waals surface area contributed by atoms with Crippen LogP contribution in [0.5, 0.6) is 0 Å². The van der Waals surface area contributed by atoms with Gasteiger partial charge in [-0.15, -0.1) is 0 Å². The zero-order valence-corrected chi connectivity index (χ0v) is 20.1. The van der Waals surface area contributed by atoms with Crippen molar-refractivity contribution in [2.24, 2.45) is 5.73 Å². The minimum Gasteiger partial charge on any atom is -0.391 e. The van der Waals surface area contributed by atoms with E-state index in [1.807, 2.05) is 37.3 Å². The third-order valence-corrected chi connectivity index (χ3v) is 7.16. The van der Waals surface area contributed by atoms with Crippen LogP contribution in [0.3, 0.4) is 0 Å². The minimum atomic E-state index is -4.66. The quantitative estimate of drug-likeness (QED) is 0.333. The molecule has 11 heteroatoms. The molecule has 1 fully saturated rings. The lowest BCUT2D eigenvalue weighted by Gasteiger charge is -2.28. The first-order valence-corrected chi connectivity index (χ1v) is 11.9. The molecule has 1 aromatic carbocycles. The van der Waals surface area contributed by atoms with E-state index in [1.54, 1.807) is 11.9 Å². The second-order valence-corrected chi connectivity index (χ2v) is 9.62. The monoisotopic (exact) mass is 507 g/mol. The van der Waals surface area contributed by atoms with Gasteiger partial charge in [-0.05, 0) is 31.9 Å². The van der Waals surface area contributed by atoms with Crippen LogP contribution in [0.25, 0.3) is 44.2 Å². The molecule has 4 N–H and O–H groups in total. The fraction of sp³-hybridized carbons (Fsp3) is 0.308. The molecule has 5 aromatic rings. The number of alkyl halides is 3. The van der Waals surface area contributed by atoms with E-state index < -0.39 is 23.9 Å². The van der Waals surface area contributed by atoms with E-state index >= 15 is 0 Å². The van der Waals surface area contributed by atoms with Crippen LogP contribution in [-0.2, 0) is 6.18 Å². The van der Waals surface area contributed by atoms with Crippen LogP contribution in [-0.4, -0.2) is 55.3 Å². The Morgan fingerprint density at radius 2 is 1.86 bits per heavy atom. The number of aliphatic hydroxyl groups excluding tert-OH is 1. The molecule has 3 unspecified atom stereocenters. The highest BCUT2D eigenvalue weighted by Crippen LogP contribution is 2.41. The Hall–Kier alpha value is -3.83. The fourth-order valence-electron chi connectivity index (χ4n) is 5.32. The lowest BCUT2D eigenvalue weighted by Crippen LogP contribution is -2.32. The maximum absolute atomic E-state index is 14.1. The van der Waals surface area contributed by atoms with Crippen LogP contribution in [0.2, 0.25) is 0 Å². The molecule has 190 valence electrons. The molecule has 8 nitrogen and oxygen atoms in total. The Kier molecular flexibility index (Phi) is 5.32. The number of benzene rings is 1. The SMILES string of the molecule is Cc1cc(-c2nc(N(C)C3CC(N)C(O)C3)c3c(C(F)(F)F)cncc3n2)c2c(n1)[nH]c1ccccc12. The minimum absolute atomic E-state index is 0.0759. The van der Waals surface area contributed by atoms with Gasteiger partial charge in [0.1, 0.15) is 11.5 Å². The van der Waals surface area contributed by atoms with Gasteiger partial charge in [0, 0.05) is 52.9 Å². The Balaban J connectivity index is 1.65. The van der Waals surface area contributed by atoms with Crippen molar-refractivity contribution < 1.29 is 18.3 Å². The van der Waals surface area contributed by atoms with Crippen molar-refractivity contribution in [2.75, 3.05) is 11.9 Å². The topological polar surface area (TPSA) is 117 Å². The highest BCUT2D eigenvalue weighted by molar-refractivity contribution is 6.12. The van der Waals surface area contributed by atoms with Crippen molar-refractivity contribution >= 4 is 38.7 Å². The number of nitrogens with two attached hydrogens (primary N) is 1. The fourth-order valence-corrected chi connectivity index (χ4v) is 5.32. The standard InChI is InChI=1S/C26H24F3N7O/c1-12-7-15(21-14-5-3-4-6-18(14)33-24(21)32-12)23-34-19-11-31-10-16(26(27,28)29)22(19)25(35-23)36(2)13-8-17(30)20(37)9-13/h3-7,10-11,13,17,20,37H,8-9,30H2,1-2H3,(H,32,33). The largest absolute Gasteiger partial charge is 0.418 e. The molecule has 1 saturated carbocycles. The average Bonchev–Trinajstić information content (AvgIpc) is 3.40. The summed E-state index contributed by atoms with van der Waals surface area (Å²) in [5.74, 6) is 0.377. The van der Waals surface area contributed by atoms with E-state index in [2.05, 4.69) is 19.9 Å². The van der Waals surface area contributed by atoms with Gasteiger partial charge >= 0.3 is 6.18 Å². The summed E-state index contributed by atoms with van der Waals surface area (Å²) < 4.78 is 42.3. The number of anilines is 1. The zero-order chi connectivity index (χ0) is 26.1. The summed E-state index contributed by atoms with van der Waals surface area (Å²) in [5, 5.41) is 11.8. The van der Waals surface area contributed by atoms with Gasteiger partial charge in [-0.25, -0.2) is 15.0 Å². The number of pyridine rings is 2. The molecule has 0 saturated heterocycles. The summed E-state index contributed by atoms with van der Waals surface area (Å²) in [7, 11) is 1.68. The van der Waals surface area contributed by atoms with Crippen molar-refractivity contribution in [1.82, 2.24) is 24.9 Å². The molecule has 0 spiro atoms. The van der Waals surface area contributed by atoms with E-state index in [1.165, 1.54) is 6.20 Å². The Morgan fingerprint density at radius 3 is 2.59 bits per heavy atom.